The Bertz CT molecular complexity index is 935. The van der Waals surface area contributed by atoms with Gasteiger partial charge in [-0.05, 0) is 43.3 Å². The zero-order chi connectivity index (χ0) is 21.9. The van der Waals surface area contributed by atoms with E-state index in [4.69, 9.17) is 4.74 Å². The maximum absolute atomic E-state index is 12.9. The molecule has 0 bridgehead atoms. The van der Waals surface area contributed by atoms with E-state index in [2.05, 4.69) is 0 Å². The minimum Gasteiger partial charge on any atom is -0.496 e. The maximum Gasteiger partial charge on any atom is 0.416 e. The first kappa shape index (κ1) is 21.7. The van der Waals surface area contributed by atoms with Crippen molar-refractivity contribution in [1.82, 2.24) is 4.90 Å². The first-order valence-electron chi connectivity index (χ1n) is 9.57. The average Bonchev–Trinajstić information content (AvgIpc) is 2.73. The summed E-state index contributed by atoms with van der Waals surface area (Å²) in [6.45, 7) is 3.16. The number of ether oxygens (including phenoxy) is 1. The smallest absolute Gasteiger partial charge is 0.416 e. The number of carbonyl (C=O) groups is 2. The van der Waals surface area contributed by atoms with Gasteiger partial charge in [-0.3, -0.25) is 9.59 Å². The average molecular weight is 420 g/mol. The number of anilines is 1. The number of rotatable bonds is 5. The van der Waals surface area contributed by atoms with Crippen LogP contribution in [0.25, 0.3) is 0 Å². The number of methoxy groups -OCH3 is 1. The molecule has 0 aromatic heterocycles. The van der Waals surface area contributed by atoms with Crippen LogP contribution in [-0.4, -0.2) is 49.9 Å². The lowest BCUT2D eigenvalue weighted by atomic mass is 10.0. The minimum atomic E-state index is -4.39. The number of Topliss-reactive ketones (excluding diaryl/α,β-unsaturated/α-hetero) is 1. The number of halogens is 3. The predicted molar refractivity (Wildman–Crippen MR) is 107 cm³/mol. The number of piperazine rings is 1. The second-order valence-corrected chi connectivity index (χ2v) is 7.18. The summed E-state index contributed by atoms with van der Waals surface area (Å²) in [5.74, 6) is 0.328. The van der Waals surface area contributed by atoms with Gasteiger partial charge in [0, 0.05) is 43.0 Å². The topological polar surface area (TPSA) is 49.9 Å². The molecule has 2 aromatic carbocycles. The van der Waals surface area contributed by atoms with Crippen molar-refractivity contribution in [1.29, 1.82) is 0 Å². The summed E-state index contributed by atoms with van der Waals surface area (Å²) in [5, 5.41) is 0. The number of carbonyl (C=O) groups excluding carboxylic acids is 2. The molecule has 1 amide bonds. The standard InChI is InChI=1S/C22H23F3N2O3/c1-15(28)16-6-7-20(30-2)17(12-16)13-21(29)27-10-8-26(9-11-27)19-5-3-4-18(14-19)22(23,24)25/h3-7,12,14H,8-11,13H2,1-2H3. The molecule has 5 nitrogen and oxygen atoms in total. The second-order valence-electron chi connectivity index (χ2n) is 7.18. The van der Waals surface area contributed by atoms with E-state index in [0.717, 1.165) is 12.1 Å². The monoisotopic (exact) mass is 420 g/mol. The number of alkyl halides is 3. The Kier molecular flexibility index (Phi) is 6.34. The van der Waals surface area contributed by atoms with Gasteiger partial charge in [-0.2, -0.15) is 13.2 Å². The number of ketones is 1. The molecule has 0 aliphatic carbocycles. The second kappa shape index (κ2) is 8.77. The molecule has 1 fully saturated rings. The Morgan fingerprint density at radius 1 is 1.03 bits per heavy atom. The number of nitrogens with zero attached hydrogens (tertiary/aromatic N) is 2. The minimum absolute atomic E-state index is 0.0911. The largest absolute Gasteiger partial charge is 0.496 e. The molecule has 1 aliphatic heterocycles. The third-order valence-electron chi connectivity index (χ3n) is 5.20. The Morgan fingerprint density at radius 3 is 2.33 bits per heavy atom. The lowest BCUT2D eigenvalue weighted by Gasteiger charge is -2.36. The summed E-state index contributed by atoms with van der Waals surface area (Å²) in [6.07, 6.45) is -4.30. The predicted octanol–water partition coefficient (Wildman–Crippen LogP) is 3.81. The molecule has 0 saturated carbocycles. The van der Waals surface area contributed by atoms with Crippen molar-refractivity contribution < 1.29 is 27.5 Å². The van der Waals surface area contributed by atoms with E-state index >= 15 is 0 Å². The van der Waals surface area contributed by atoms with Gasteiger partial charge in [0.15, 0.2) is 5.78 Å². The molecule has 1 saturated heterocycles. The van der Waals surface area contributed by atoms with Crippen molar-refractivity contribution in [2.45, 2.75) is 19.5 Å². The zero-order valence-corrected chi connectivity index (χ0v) is 16.8. The van der Waals surface area contributed by atoms with Crippen molar-refractivity contribution in [2.24, 2.45) is 0 Å². The van der Waals surface area contributed by atoms with Crippen LogP contribution in [0.2, 0.25) is 0 Å². The van der Waals surface area contributed by atoms with Crippen molar-refractivity contribution in [2.75, 3.05) is 38.2 Å². The van der Waals surface area contributed by atoms with Gasteiger partial charge in [0.1, 0.15) is 5.75 Å². The van der Waals surface area contributed by atoms with E-state index in [9.17, 15) is 22.8 Å². The van der Waals surface area contributed by atoms with Crippen LogP contribution in [0.15, 0.2) is 42.5 Å². The number of amides is 1. The van der Waals surface area contributed by atoms with E-state index in [-0.39, 0.29) is 18.1 Å². The molecule has 0 spiro atoms. The van der Waals surface area contributed by atoms with Gasteiger partial charge in [-0.1, -0.05) is 6.07 Å². The Balaban J connectivity index is 1.65. The van der Waals surface area contributed by atoms with Crippen LogP contribution in [0.4, 0.5) is 18.9 Å². The highest BCUT2D eigenvalue weighted by Gasteiger charge is 2.31. The fraction of sp³-hybridized carbons (Fsp3) is 0.364. The van der Waals surface area contributed by atoms with Crippen LogP contribution in [0, 0.1) is 0 Å². The lowest BCUT2D eigenvalue weighted by Crippen LogP contribution is -2.49. The van der Waals surface area contributed by atoms with Gasteiger partial charge in [0.2, 0.25) is 5.91 Å². The molecule has 30 heavy (non-hydrogen) atoms. The SMILES string of the molecule is COc1ccc(C(C)=O)cc1CC(=O)N1CCN(c2cccc(C(F)(F)F)c2)CC1. The van der Waals surface area contributed by atoms with Gasteiger partial charge in [0.05, 0.1) is 19.1 Å². The Labute approximate surface area is 173 Å². The Morgan fingerprint density at radius 2 is 1.73 bits per heavy atom. The van der Waals surface area contributed by atoms with E-state index < -0.39 is 11.7 Å². The normalized spacial score (nSPS) is 14.6. The number of hydrogen-bond acceptors (Lipinski definition) is 4. The molecular formula is C22H23F3N2O3. The first-order valence-corrected chi connectivity index (χ1v) is 9.57. The van der Waals surface area contributed by atoms with Crippen LogP contribution in [0.5, 0.6) is 5.75 Å². The molecule has 2 aromatic rings. The van der Waals surface area contributed by atoms with E-state index in [1.54, 1.807) is 29.2 Å². The van der Waals surface area contributed by atoms with Crippen molar-refractivity contribution in [3.63, 3.8) is 0 Å². The van der Waals surface area contributed by atoms with Gasteiger partial charge in [0.25, 0.3) is 0 Å². The quantitative estimate of drug-likeness (QED) is 0.691. The van der Waals surface area contributed by atoms with Crippen molar-refractivity contribution in [3.8, 4) is 5.75 Å². The Hall–Kier alpha value is -3.03. The molecule has 0 radical (unpaired) electrons. The fourth-order valence-electron chi connectivity index (χ4n) is 3.50. The van der Waals surface area contributed by atoms with E-state index in [0.29, 0.717) is 48.7 Å². The molecule has 1 heterocycles. The summed E-state index contributed by atoms with van der Waals surface area (Å²) in [4.78, 5) is 27.9. The summed E-state index contributed by atoms with van der Waals surface area (Å²) in [7, 11) is 1.50. The maximum atomic E-state index is 12.9. The molecule has 160 valence electrons. The molecule has 3 rings (SSSR count). The third kappa shape index (κ3) is 4.93. The summed E-state index contributed by atoms with van der Waals surface area (Å²) in [5.41, 5.74) is 0.951. The van der Waals surface area contributed by atoms with Crippen LogP contribution >= 0.6 is 0 Å². The molecule has 0 unspecified atom stereocenters. The molecular weight excluding hydrogens is 397 g/mol. The van der Waals surface area contributed by atoms with E-state index in [1.807, 2.05) is 4.90 Å². The first-order chi connectivity index (χ1) is 14.2. The van der Waals surface area contributed by atoms with Gasteiger partial charge < -0.3 is 14.5 Å². The fourth-order valence-corrected chi connectivity index (χ4v) is 3.50. The third-order valence-corrected chi connectivity index (χ3v) is 5.20. The molecule has 8 heteroatoms. The van der Waals surface area contributed by atoms with Crippen LogP contribution in [0.3, 0.4) is 0 Å². The summed E-state index contributed by atoms with van der Waals surface area (Å²) >= 11 is 0. The van der Waals surface area contributed by atoms with Gasteiger partial charge >= 0.3 is 6.18 Å². The summed E-state index contributed by atoms with van der Waals surface area (Å²) in [6, 6.07) is 10.2. The van der Waals surface area contributed by atoms with Gasteiger partial charge in [-0.25, -0.2) is 0 Å². The lowest BCUT2D eigenvalue weighted by molar-refractivity contribution is -0.137. The van der Waals surface area contributed by atoms with E-state index in [1.165, 1.54) is 20.1 Å². The van der Waals surface area contributed by atoms with Crippen molar-refractivity contribution in [3.05, 3.63) is 59.2 Å². The number of benzene rings is 2. The summed E-state index contributed by atoms with van der Waals surface area (Å²) < 4.78 is 44.1. The zero-order valence-electron chi connectivity index (χ0n) is 16.8. The van der Waals surface area contributed by atoms with Crippen LogP contribution in [0.1, 0.15) is 28.4 Å². The highest BCUT2D eigenvalue weighted by atomic mass is 19.4. The highest BCUT2D eigenvalue weighted by molar-refractivity contribution is 5.94. The number of hydrogen-bond donors (Lipinski definition) is 0. The van der Waals surface area contributed by atoms with Crippen molar-refractivity contribution >= 4 is 17.4 Å². The molecule has 1 aliphatic rings. The van der Waals surface area contributed by atoms with Crippen LogP contribution in [-0.2, 0) is 17.4 Å². The van der Waals surface area contributed by atoms with Crippen LogP contribution < -0.4 is 9.64 Å². The molecule has 0 atom stereocenters. The molecule has 0 N–H and O–H groups in total. The van der Waals surface area contributed by atoms with Gasteiger partial charge in [-0.15, -0.1) is 0 Å². The highest BCUT2D eigenvalue weighted by Crippen LogP contribution is 2.32.